The number of carbonyl (C=O) groups is 1. The molecule has 0 saturated heterocycles. The number of anilines is 1. The highest BCUT2D eigenvalue weighted by molar-refractivity contribution is 7.14. The highest BCUT2D eigenvalue weighted by atomic mass is 32.1. The zero-order valence-electron chi connectivity index (χ0n) is 12.4. The number of hydrogen-bond donors (Lipinski definition) is 2. The second kappa shape index (κ2) is 7.81. The van der Waals surface area contributed by atoms with Gasteiger partial charge in [0.2, 0.25) is 5.91 Å². The van der Waals surface area contributed by atoms with Gasteiger partial charge in [-0.15, -0.1) is 11.3 Å². The van der Waals surface area contributed by atoms with Crippen molar-refractivity contribution in [2.75, 3.05) is 11.9 Å². The van der Waals surface area contributed by atoms with Gasteiger partial charge in [0, 0.05) is 19.0 Å². The number of thiophene rings is 1. The summed E-state index contributed by atoms with van der Waals surface area (Å²) in [4.78, 5) is 11.8. The van der Waals surface area contributed by atoms with Gasteiger partial charge in [0.1, 0.15) is 11.1 Å². The number of carbonyl (C=O) groups excluding carboxylic acids is 1. The molecule has 2 rings (SSSR count). The highest BCUT2D eigenvalue weighted by Crippen LogP contribution is 2.22. The fraction of sp³-hybridized carbons (Fsp3) is 0.250. The van der Waals surface area contributed by atoms with Crippen LogP contribution in [0.3, 0.4) is 0 Å². The topological polar surface area (TPSA) is 64.9 Å². The molecule has 1 atom stereocenters. The Morgan fingerprint density at radius 3 is 2.83 bits per heavy atom. The fourth-order valence-corrected chi connectivity index (χ4v) is 2.74. The van der Waals surface area contributed by atoms with Crippen LogP contribution in [0.25, 0.3) is 0 Å². The van der Waals surface area contributed by atoms with Crippen LogP contribution in [-0.4, -0.2) is 12.5 Å². The standard InChI is InChI=1S/C16H15F2N3OS/c1-10(11-2-3-13(17)14(18)8-11)20-6-4-15(22)21-16-12(9-19)5-7-23-16/h2-3,5,7-8,10,20H,4,6H2,1H3,(H,21,22)/t10-/m1/s1. The van der Waals surface area contributed by atoms with E-state index in [4.69, 9.17) is 5.26 Å². The zero-order chi connectivity index (χ0) is 16.8. The molecule has 0 bridgehead atoms. The molecule has 7 heteroatoms. The molecule has 1 amide bonds. The Hall–Kier alpha value is -2.30. The van der Waals surface area contributed by atoms with Gasteiger partial charge in [-0.25, -0.2) is 8.78 Å². The number of nitrogens with zero attached hydrogens (tertiary/aromatic N) is 1. The first-order valence-corrected chi connectivity index (χ1v) is 7.85. The Labute approximate surface area is 136 Å². The average molecular weight is 335 g/mol. The summed E-state index contributed by atoms with van der Waals surface area (Å²) in [5.74, 6) is -1.99. The molecule has 0 saturated carbocycles. The van der Waals surface area contributed by atoms with Crippen molar-refractivity contribution in [2.45, 2.75) is 19.4 Å². The minimum Gasteiger partial charge on any atom is -0.317 e. The van der Waals surface area contributed by atoms with Gasteiger partial charge < -0.3 is 10.6 Å². The zero-order valence-corrected chi connectivity index (χ0v) is 13.2. The molecule has 0 radical (unpaired) electrons. The van der Waals surface area contributed by atoms with Crippen molar-refractivity contribution in [2.24, 2.45) is 0 Å². The summed E-state index contributed by atoms with van der Waals surface area (Å²) >= 11 is 1.29. The lowest BCUT2D eigenvalue weighted by molar-refractivity contribution is -0.116. The van der Waals surface area contributed by atoms with Crippen LogP contribution in [0.2, 0.25) is 0 Å². The fourth-order valence-electron chi connectivity index (χ4n) is 1.99. The number of halogens is 2. The van der Waals surface area contributed by atoms with Gasteiger partial charge in [0.25, 0.3) is 0 Å². The van der Waals surface area contributed by atoms with E-state index in [0.717, 1.165) is 12.1 Å². The lowest BCUT2D eigenvalue weighted by atomic mass is 10.1. The van der Waals surface area contributed by atoms with Crippen molar-refractivity contribution in [3.05, 3.63) is 52.4 Å². The van der Waals surface area contributed by atoms with E-state index in [0.29, 0.717) is 22.7 Å². The Bertz CT molecular complexity index is 739. The predicted octanol–water partition coefficient (Wildman–Crippen LogP) is 3.58. The first kappa shape index (κ1) is 17.1. The van der Waals surface area contributed by atoms with Gasteiger partial charge in [0.15, 0.2) is 11.6 Å². The summed E-state index contributed by atoms with van der Waals surface area (Å²) in [6.45, 7) is 2.18. The van der Waals surface area contributed by atoms with Crippen molar-refractivity contribution in [3.63, 3.8) is 0 Å². The maximum absolute atomic E-state index is 13.2. The van der Waals surface area contributed by atoms with Crippen LogP contribution in [0.15, 0.2) is 29.6 Å². The molecular weight excluding hydrogens is 320 g/mol. The number of hydrogen-bond acceptors (Lipinski definition) is 4. The summed E-state index contributed by atoms with van der Waals surface area (Å²) in [7, 11) is 0. The van der Waals surface area contributed by atoms with Crippen molar-refractivity contribution < 1.29 is 13.6 Å². The van der Waals surface area contributed by atoms with E-state index in [2.05, 4.69) is 10.6 Å². The first-order chi connectivity index (χ1) is 11.0. The Kier molecular flexibility index (Phi) is 5.79. The van der Waals surface area contributed by atoms with Crippen molar-refractivity contribution in [1.29, 1.82) is 5.26 Å². The largest absolute Gasteiger partial charge is 0.317 e. The van der Waals surface area contributed by atoms with Crippen LogP contribution in [0.4, 0.5) is 13.8 Å². The average Bonchev–Trinajstić information content (AvgIpc) is 2.97. The third kappa shape index (κ3) is 4.58. The Balaban J connectivity index is 1.81. The van der Waals surface area contributed by atoms with E-state index in [1.165, 1.54) is 17.4 Å². The van der Waals surface area contributed by atoms with Gasteiger partial charge in [0.05, 0.1) is 5.56 Å². The molecule has 1 aromatic heterocycles. The minimum atomic E-state index is -0.893. The lowest BCUT2D eigenvalue weighted by Crippen LogP contribution is -2.24. The van der Waals surface area contributed by atoms with Crippen LogP contribution in [0.1, 0.15) is 30.5 Å². The van der Waals surface area contributed by atoms with Crippen LogP contribution in [0, 0.1) is 23.0 Å². The Morgan fingerprint density at radius 1 is 1.35 bits per heavy atom. The van der Waals surface area contributed by atoms with Crippen molar-refractivity contribution in [1.82, 2.24) is 5.32 Å². The summed E-state index contributed by atoms with van der Waals surface area (Å²) in [6, 6.07) is 7.15. The molecule has 0 fully saturated rings. The second-order valence-electron chi connectivity index (χ2n) is 4.92. The highest BCUT2D eigenvalue weighted by Gasteiger charge is 2.11. The molecule has 0 aliphatic carbocycles. The summed E-state index contributed by atoms with van der Waals surface area (Å²) in [5, 5.41) is 16.9. The quantitative estimate of drug-likeness (QED) is 0.848. The third-order valence-corrected chi connectivity index (χ3v) is 4.11. The second-order valence-corrected chi connectivity index (χ2v) is 5.84. The van der Waals surface area contributed by atoms with Gasteiger partial charge >= 0.3 is 0 Å². The van der Waals surface area contributed by atoms with Crippen LogP contribution in [0.5, 0.6) is 0 Å². The molecule has 0 aliphatic heterocycles. The molecule has 4 nitrogen and oxygen atoms in total. The maximum atomic E-state index is 13.2. The molecule has 23 heavy (non-hydrogen) atoms. The smallest absolute Gasteiger partial charge is 0.226 e. The molecule has 1 aromatic carbocycles. The van der Waals surface area contributed by atoms with E-state index in [9.17, 15) is 13.6 Å². The van der Waals surface area contributed by atoms with Crippen molar-refractivity contribution in [3.8, 4) is 6.07 Å². The Morgan fingerprint density at radius 2 is 2.13 bits per heavy atom. The number of amides is 1. The lowest BCUT2D eigenvalue weighted by Gasteiger charge is -2.14. The molecule has 2 N–H and O–H groups in total. The molecule has 0 unspecified atom stereocenters. The van der Waals surface area contributed by atoms with E-state index in [1.54, 1.807) is 18.4 Å². The maximum Gasteiger partial charge on any atom is 0.226 e. The summed E-state index contributed by atoms with van der Waals surface area (Å²) in [6.07, 6.45) is 0.205. The number of nitriles is 1. The minimum absolute atomic E-state index is 0.205. The number of benzene rings is 1. The monoisotopic (exact) mass is 335 g/mol. The molecule has 2 aromatic rings. The van der Waals surface area contributed by atoms with Crippen molar-refractivity contribution >= 4 is 22.2 Å². The third-order valence-electron chi connectivity index (χ3n) is 3.28. The normalized spacial score (nSPS) is 11.7. The van der Waals surface area contributed by atoms with Crippen LogP contribution >= 0.6 is 11.3 Å². The van der Waals surface area contributed by atoms with E-state index >= 15 is 0 Å². The summed E-state index contributed by atoms with van der Waals surface area (Å²) < 4.78 is 26.1. The molecular formula is C16H15F2N3OS. The summed E-state index contributed by atoms with van der Waals surface area (Å²) in [5.41, 5.74) is 1.04. The van der Waals surface area contributed by atoms with E-state index in [-0.39, 0.29) is 18.4 Å². The van der Waals surface area contributed by atoms with Crippen LogP contribution < -0.4 is 10.6 Å². The molecule has 0 aliphatic rings. The van der Waals surface area contributed by atoms with Gasteiger partial charge in [-0.05, 0) is 36.1 Å². The van der Waals surface area contributed by atoms with Crippen LogP contribution in [-0.2, 0) is 4.79 Å². The van der Waals surface area contributed by atoms with Gasteiger partial charge in [-0.3, -0.25) is 4.79 Å². The van der Waals surface area contributed by atoms with E-state index < -0.39 is 11.6 Å². The predicted molar refractivity (Wildman–Crippen MR) is 85.1 cm³/mol. The molecule has 120 valence electrons. The molecule has 1 heterocycles. The van der Waals surface area contributed by atoms with Gasteiger partial charge in [-0.1, -0.05) is 6.07 Å². The molecule has 0 spiro atoms. The number of rotatable bonds is 6. The SMILES string of the molecule is C[C@@H](NCCC(=O)Nc1sccc1C#N)c1ccc(F)c(F)c1. The van der Waals surface area contributed by atoms with E-state index in [1.807, 2.05) is 6.07 Å². The number of nitrogens with one attached hydrogen (secondary N) is 2. The first-order valence-electron chi connectivity index (χ1n) is 6.97. The van der Waals surface area contributed by atoms with Gasteiger partial charge in [-0.2, -0.15) is 5.26 Å².